The molecule has 2 aromatic heterocycles. The van der Waals surface area contributed by atoms with Gasteiger partial charge in [0.25, 0.3) is 11.5 Å². The Kier molecular flexibility index (Phi) is 4.86. The van der Waals surface area contributed by atoms with Crippen molar-refractivity contribution in [2.75, 3.05) is 16.9 Å². The van der Waals surface area contributed by atoms with Crippen LogP contribution in [0.2, 0.25) is 0 Å². The molecule has 160 valence electrons. The molecule has 0 bridgehead atoms. The van der Waals surface area contributed by atoms with E-state index in [1.54, 1.807) is 23.1 Å². The van der Waals surface area contributed by atoms with Gasteiger partial charge in [-0.15, -0.1) is 11.3 Å². The number of anilines is 1. The quantitative estimate of drug-likeness (QED) is 0.522. The number of nitrogens with one attached hydrogen (secondary N) is 1. The van der Waals surface area contributed by atoms with E-state index in [1.807, 2.05) is 37.3 Å². The Morgan fingerprint density at radius 2 is 1.91 bits per heavy atom. The molecule has 0 spiro atoms. The topological polar surface area (TPSA) is 84.3 Å². The molecule has 0 unspecified atom stereocenters. The van der Waals surface area contributed by atoms with Crippen LogP contribution in [0, 0.1) is 6.92 Å². The van der Waals surface area contributed by atoms with Crippen molar-refractivity contribution >= 4 is 39.1 Å². The predicted molar refractivity (Wildman–Crippen MR) is 126 cm³/mol. The van der Waals surface area contributed by atoms with Crippen LogP contribution in [0.3, 0.4) is 0 Å². The molecule has 1 N–H and O–H groups in total. The molecule has 32 heavy (non-hydrogen) atoms. The number of rotatable bonds is 3. The maximum Gasteiger partial charge on any atom is 0.281 e. The minimum Gasteiger partial charge on any atom is -0.312 e. The lowest BCUT2D eigenvalue weighted by atomic mass is 10.0. The molecule has 3 heterocycles. The van der Waals surface area contributed by atoms with Crippen molar-refractivity contribution in [3.63, 3.8) is 0 Å². The first-order valence-corrected chi connectivity index (χ1v) is 11.0. The summed E-state index contributed by atoms with van der Waals surface area (Å²) in [5, 5.41) is 0.493. The van der Waals surface area contributed by atoms with Gasteiger partial charge in [0.15, 0.2) is 0 Å². The maximum absolute atomic E-state index is 13.3. The van der Waals surface area contributed by atoms with Crippen molar-refractivity contribution in [1.82, 2.24) is 9.66 Å². The number of aryl methyl sites for hydroxylation is 1. The van der Waals surface area contributed by atoms with Gasteiger partial charge < -0.3 is 4.90 Å². The molecule has 0 radical (unpaired) electrons. The van der Waals surface area contributed by atoms with Crippen LogP contribution in [0.5, 0.6) is 0 Å². The van der Waals surface area contributed by atoms with E-state index in [0.717, 1.165) is 31.9 Å². The maximum atomic E-state index is 13.3. The highest BCUT2D eigenvalue weighted by Gasteiger charge is 2.23. The third-order valence-electron chi connectivity index (χ3n) is 5.69. The summed E-state index contributed by atoms with van der Waals surface area (Å²) in [6.07, 6.45) is 2.04. The third-order valence-corrected chi connectivity index (χ3v) is 6.70. The Balaban J connectivity index is 1.50. The van der Waals surface area contributed by atoms with Crippen LogP contribution in [-0.2, 0) is 11.2 Å². The van der Waals surface area contributed by atoms with E-state index in [2.05, 4.69) is 10.4 Å². The molecule has 0 aliphatic carbocycles. The van der Waals surface area contributed by atoms with Gasteiger partial charge in [0.2, 0.25) is 5.91 Å². The Labute approximate surface area is 187 Å². The Morgan fingerprint density at radius 3 is 2.66 bits per heavy atom. The Morgan fingerprint density at radius 1 is 1.12 bits per heavy atom. The fourth-order valence-electron chi connectivity index (χ4n) is 4.18. The summed E-state index contributed by atoms with van der Waals surface area (Å²) >= 11 is 1.46. The van der Waals surface area contributed by atoms with E-state index in [-0.39, 0.29) is 11.5 Å². The molecular formula is C24H20N4O3S. The highest BCUT2D eigenvalue weighted by Crippen LogP contribution is 2.35. The lowest BCUT2D eigenvalue weighted by molar-refractivity contribution is -0.116. The van der Waals surface area contributed by atoms with E-state index in [1.165, 1.54) is 24.6 Å². The zero-order valence-electron chi connectivity index (χ0n) is 17.6. The fourth-order valence-corrected chi connectivity index (χ4v) is 5.18. The standard InChI is InChI=1S/C24H20N4O3S/c1-14-20(16-6-4-3-5-7-16)21-23(32-14)25-13-28(24(21)31)26-22(30)18-8-9-19-17(12-18)10-11-27(19)15(2)29/h3-9,12-13H,10-11H2,1-2H3,(H,26,30). The number of aromatic nitrogens is 2. The monoisotopic (exact) mass is 444 g/mol. The SMILES string of the molecule is CC(=O)N1CCc2cc(C(=O)Nn3cnc4sc(C)c(-c5ccccc5)c4c3=O)ccc21. The van der Waals surface area contributed by atoms with Crippen LogP contribution in [0.1, 0.15) is 27.7 Å². The smallest absolute Gasteiger partial charge is 0.281 e. The Hall–Kier alpha value is -3.78. The molecule has 1 aliphatic rings. The molecule has 0 saturated heterocycles. The first-order chi connectivity index (χ1) is 15.4. The van der Waals surface area contributed by atoms with Crippen LogP contribution < -0.4 is 15.9 Å². The van der Waals surface area contributed by atoms with Crippen LogP contribution in [0.4, 0.5) is 5.69 Å². The average molecular weight is 445 g/mol. The minimum absolute atomic E-state index is 0.0212. The molecule has 1 aliphatic heterocycles. The van der Waals surface area contributed by atoms with Gasteiger partial charge in [0.05, 0.1) is 5.39 Å². The Bertz CT molecular complexity index is 1440. The van der Waals surface area contributed by atoms with Crippen LogP contribution in [0.25, 0.3) is 21.3 Å². The molecule has 0 saturated carbocycles. The van der Waals surface area contributed by atoms with Crippen molar-refractivity contribution < 1.29 is 9.59 Å². The lowest BCUT2D eigenvalue weighted by Gasteiger charge is -2.15. The summed E-state index contributed by atoms with van der Waals surface area (Å²) < 4.78 is 1.14. The molecule has 7 nitrogen and oxygen atoms in total. The number of amides is 2. The second-order valence-electron chi connectivity index (χ2n) is 7.70. The summed E-state index contributed by atoms with van der Waals surface area (Å²) in [6.45, 7) is 4.10. The third kappa shape index (κ3) is 3.29. The van der Waals surface area contributed by atoms with Crippen molar-refractivity contribution in [3.05, 3.63) is 81.2 Å². The van der Waals surface area contributed by atoms with E-state index < -0.39 is 5.91 Å². The van der Waals surface area contributed by atoms with Gasteiger partial charge >= 0.3 is 0 Å². The number of carbonyl (C=O) groups excluding carboxylic acids is 2. The summed E-state index contributed by atoms with van der Waals surface area (Å²) in [5.74, 6) is -0.433. The minimum atomic E-state index is -0.412. The number of hydrogen-bond donors (Lipinski definition) is 1. The lowest BCUT2D eigenvalue weighted by Crippen LogP contribution is -2.33. The fraction of sp³-hybridized carbons (Fsp3) is 0.167. The second kappa shape index (κ2) is 7.72. The summed E-state index contributed by atoms with van der Waals surface area (Å²) in [4.78, 5) is 45.7. The largest absolute Gasteiger partial charge is 0.312 e. The summed E-state index contributed by atoms with van der Waals surface area (Å²) in [7, 11) is 0. The highest BCUT2D eigenvalue weighted by molar-refractivity contribution is 7.19. The van der Waals surface area contributed by atoms with Crippen molar-refractivity contribution in [2.45, 2.75) is 20.3 Å². The zero-order valence-corrected chi connectivity index (χ0v) is 18.4. The van der Waals surface area contributed by atoms with Crippen molar-refractivity contribution in [3.8, 4) is 11.1 Å². The molecule has 0 atom stereocenters. The van der Waals surface area contributed by atoms with Gasteiger partial charge in [0, 0.05) is 35.2 Å². The number of thiophene rings is 1. The van der Waals surface area contributed by atoms with Crippen molar-refractivity contribution in [1.29, 1.82) is 0 Å². The van der Waals surface area contributed by atoms with Crippen LogP contribution >= 0.6 is 11.3 Å². The number of benzene rings is 2. The molecular weight excluding hydrogens is 424 g/mol. The highest BCUT2D eigenvalue weighted by atomic mass is 32.1. The van der Waals surface area contributed by atoms with Crippen LogP contribution in [-0.4, -0.2) is 28.0 Å². The molecule has 5 rings (SSSR count). The first kappa shape index (κ1) is 20.1. The number of hydrogen-bond acceptors (Lipinski definition) is 5. The number of fused-ring (bicyclic) bond motifs is 2. The van der Waals surface area contributed by atoms with Gasteiger partial charge in [0.1, 0.15) is 11.2 Å². The second-order valence-corrected chi connectivity index (χ2v) is 8.91. The first-order valence-electron chi connectivity index (χ1n) is 10.2. The summed E-state index contributed by atoms with van der Waals surface area (Å²) in [6, 6.07) is 14.9. The van der Waals surface area contributed by atoms with Gasteiger partial charge in [-0.3, -0.25) is 19.8 Å². The average Bonchev–Trinajstić information content (AvgIpc) is 3.36. The number of nitrogens with zero attached hydrogens (tertiary/aromatic N) is 3. The summed E-state index contributed by atoms with van der Waals surface area (Å²) in [5.41, 5.74) is 6.30. The normalized spacial score (nSPS) is 12.8. The molecule has 4 aromatic rings. The van der Waals surface area contributed by atoms with Crippen LogP contribution in [0.15, 0.2) is 59.7 Å². The van der Waals surface area contributed by atoms with Gasteiger partial charge in [-0.25, -0.2) is 9.66 Å². The van der Waals surface area contributed by atoms with Crippen molar-refractivity contribution in [2.24, 2.45) is 0 Å². The van der Waals surface area contributed by atoms with E-state index in [4.69, 9.17) is 0 Å². The molecule has 8 heteroatoms. The number of carbonyl (C=O) groups is 2. The molecule has 0 fully saturated rings. The van der Waals surface area contributed by atoms with Gasteiger partial charge in [-0.05, 0) is 42.7 Å². The molecule has 2 amide bonds. The van der Waals surface area contributed by atoms with Gasteiger partial charge in [-0.2, -0.15) is 0 Å². The van der Waals surface area contributed by atoms with E-state index >= 15 is 0 Å². The predicted octanol–water partition coefficient (Wildman–Crippen LogP) is 3.73. The van der Waals surface area contributed by atoms with Gasteiger partial charge in [-0.1, -0.05) is 30.3 Å². The van der Waals surface area contributed by atoms with E-state index in [0.29, 0.717) is 28.7 Å². The van der Waals surface area contributed by atoms with E-state index in [9.17, 15) is 14.4 Å². The molecule has 2 aromatic carbocycles. The zero-order chi connectivity index (χ0) is 22.4.